The standard InChI is InChI=1S/C23H20N4O3/c1-23(16-8-3-2-4-9-16)21(29)27(22(30)25-23)15-20(28)18-14-26(13-7-12-24)19-11-6-5-10-17(18)19/h2-6,8-11,14H,7,13,15H2,1H3,(H,25,30)/t23-/m1/s1. The molecule has 1 aliphatic heterocycles. The van der Waals surface area contributed by atoms with E-state index in [1.807, 2.05) is 34.9 Å². The van der Waals surface area contributed by atoms with Crippen LogP contribution in [0.5, 0.6) is 0 Å². The molecular weight excluding hydrogens is 380 g/mol. The third kappa shape index (κ3) is 3.12. The van der Waals surface area contributed by atoms with Gasteiger partial charge in [0, 0.05) is 29.2 Å². The van der Waals surface area contributed by atoms with Crippen molar-refractivity contribution in [2.75, 3.05) is 6.54 Å². The molecular formula is C23H20N4O3. The molecule has 1 saturated heterocycles. The first-order valence-electron chi connectivity index (χ1n) is 9.63. The minimum absolute atomic E-state index is 0.314. The van der Waals surface area contributed by atoms with Crippen LogP contribution in [-0.4, -0.2) is 33.7 Å². The Morgan fingerprint density at radius 3 is 2.53 bits per heavy atom. The zero-order chi connectivity index (χ0) is 21.3. The molecule has 2 heterocycles. The van der Waals surface area contributed by atoms with Gasteiger partial charge in [-0.1, -0.05) is 48.5 Å². The van der Waals surface area contributed by atoms with Gasteiger partial charge < -0.3 is 9.88 Å². The van der Waals surface area contributed by atoms with Crippen LogP contribution >= 0.6 is 0 Å². The van der Waals surface area contributed by atoms with Crippen LogP contribution in [0.15, 0.2) is 60.8 Å². The molecule has 1 aliphatic rings. The summed E-state index contributed by atoms with van der Waals surface area (Å²) in [5.74, 6) is -0.789. The van der Waals surface area contributed by atoms with Crippen LogP contribution in [0, 0.1) is 11.3 Å². The Balaban J connectivity index is 1.63. The Labute approximate surface area is 173 Å². The van der Waals surface area contributed by atoms with E-state index in [4.69, 9.17) is 5.26 Å². The summed E-state index contributed by atoms with van der Waals surface area (Å²) in [4.78, 5) is 39.7. The number of ketones is 1. The number of nitrogens with zero attached hydrogens (tertiary/aromatic N) is 3. The van der Waals surface area contributed by atoms with E-state index in [0.717, 1.165) is 15.8 Å². The number of aromatic nitrogens is 1. The molecule has 1 fully saturated rings. The normalized spacial score (nSPS) is 18.5. The number of urea groups is 1. The Hall–Kier alpha value is -3.92. The van der Waals surface area contributed by atoms with Crippen LogP contribution in [0.1, 0.15) is 29.3 Å². The highest BCUT2D eigenvalue weighted by molar-refractivity contribution is 6.14. The molecule has 3 aromatic rings. The number of para-hydroxylation sites is 1. The van der Waals surface area contributed by atoms with E-state index in [9.17, 15) is 14.4 Å². The Morgan fingerprint density at radius 1 is 1.10 bits per heavy atom. The van der Waals surface area contributed by atoms with E-state index in [0.29, 0.717) is 24.1 Å². The maximum absolute atomic E-state index is 13.1. The Morgan fingerprint density at radius 2 is 1.80 bits per heavy atom. The Kier molecular flexibility index (Phi) is 4.84. The van der Waals surface area contributed by atoms with Crippen LogP contribution in [0.25, 0.3) is 10.9 Å². The largest absolute Gasteiger partial charge is 0.346 e. The second-order valence-corrected chi connectivity index (χ2v) is 7.40. The van der Waals surface area contributed by atoms with Gasteiger partial charge in [0.2, 0.25) is 0 Å². The van der Waals surface area contributed by atoms with Gasteiger partial charge in [-0.25, -0.2) is 4.79 Å². The van der Waals surface area contributed by atoms with E-state index < -0.39 is 17.5 Å². The number of fused-ring (bicyclic) bond motifs is 1. The number of nitriles is 1. The lowest BCUT2D eigenvalue weighted by atomic mass is 9.92. The predicted octanol–water partition coefficient (Wildman–Crippen LogP) is 3.20. The zero-order valence-corrected chi connectivity index (χ0v) is 16.5. The zero-order valence-electron chi connectivity index (χ0n) is 16.5. The predicted molar refractivity (Wildman–Crippen MR) is 111 cm³/mol. The summed E-state index contributed by atoms with van der Waals surface area (Å²) in [7, 11) is 0. The summed E-state index contributed by atoms with van der Waals surface area (Å²) in [6.07, 6.45) is 2.01. The second-order valence-electron chi connectivity index (χ2n) is 7.40. The molecule has 0 bridgehead atoms. The maximum atomic E-state index is 13.1. The molecule has 150 valence electrons. The molecule has 3 amide bonds. The van der Waals surface area contributed by atoms with Crippen molar-refractivity contribution in [2.24, 2.45) is 0 Å². The van der Waals surface area contributed by atoms with Gasteiger partial charge in [-0.15, -0.1) is 0 Å². The molecule has 1 atom stereocenters. The van der Waals surface area contributed by atoms with Crippen molar-refractivity contribution in [3.63, 3.8) is 0 Å². The smallest absolute Gasteiger partial charge is 0.325 e. The SMILES string of the molecule is C[C@]1(c2ccccc2)NC(=O)N(CC(=O)c2cn(CCC#N)c3ccccc23)C1=O. The van der Waals surface area contributed by atoms with Gasteiger partial charge in [0.05, 0.1) is 19.0 Å². The van der Waals surface area contributed by atoms with Crippen molar-refractivity contribution in [3.8, 4) is 6.07 Å². The molecule has 0 spiro atoms. The van der Waals surface area contributed by atoms with E-state index in [1.54, 1.807) is 37.4 Å². The number of carbonyl (C=O) groups excluding carboxylic acids is 3. The first kappa shape index (κ1) is 19.4. The summed E-state index contributed by atoms with van der Waals surface area (Å²) in [5, 5.41) is 12.3. The van der Waals surface area contributed by atoms with Gasteiger partial charge in [-0.2, -0.15) is 5.26 Å². The third-order valence-electron chi connectivity index (χ3n) is 5.48. The quantitative estimate of drug-likeness (QED) is 0.508. The molecule has 0 unspecified atom stereocenters. The molecule has 0 saturated carbocycles. The average molecular weight is 400 g/mol. The lowest BCUT2D eigenvalue weighted by molar-refractivity contribution is -0.130. The van der Waals surface area contributed by atoms with Crippen molar-refractivity contribution < 1.29 is 14.4 Å². The number of Topliss-reactive ketones (excluding diaryl/α,β-unsaturated/α-hetero) is 1. The van der Waals surface area contributed by atoms with E-state index in [1.165, 1.54) is 0 Å². The lowest BCUT2D eigenvalue weighted by Crippen LogP contribution is -2.41. The fourth-order valence-corrected chi connectivity index (χ4v) is 3.86. The maximum Gasteiger partial charge on any atom is 0.325 e. The molecule has 0 radical (unpaired) electrons. The molecule has 1 aromatic heterocycles. The summed E-state index contributed by atoms with van der Waals surface area (Å²) in [6, 6.07) is 17.9. The number of hydrogen-bond acceptors (Lipinski definition) is 4. The van der Waals surface area contributed by atoms with Crippen molar-refractivity contribution in [1.29, 1.82) is 5.26 Å². The highest BCUT2D eigenvalue weighted by Crippen LogP contribution is 2.29. The molecule has 7 heteroatoms. The summed E-state index contributed by atoms with van der Waals surface area (Å²) in [6.45, 7) is 1.75. The van der Waals surface area contributed by atoms with Gasteiger partial charge in [0.1, 0.15) is 5.54 Å². The lowest BCUT2D eigenvalue weighted by Gasteiger charge is -2.22. The van der Waals surface area contributed by atoms with Crippen LogP contribution in [0.2, 0.25) is 0 Å². The first-order valence-corrected chi connectivity index (χ1v) is 9.63. The molecule has 0 aliphatic carbocycles. The highest BCUT2D eigenvalue weighted by Gasteiger charge is 2.49. The van der Waals surface area contributed by atoms with E-state index in [-0.39, 0.29) is 12.3 Å². The Bertz CT molecular complexity index is 1190. The van der Waals surface area contributed by atoms with Gasteiger partial charge in [-0.3, -0.25) is 14.5 Å². The van der Waals surface area contributed by atoms with Gasteiger partial charge in [0.25, 0.3) is 5.91 Å². The number of nitrogens with one attached hydrogen (secondary N) is 1. The number of imide groups is 1. The van der Waals surface area contributed by atoms with Gasteiger partial charge in [-0.05, 0) is 18.6 Å². The second kappa shape index (κ2) is 7.48. The van der Waals surface area contributed by atoms with Crippen LogP contribution < -0.4 is 5.32 Å². The van der Waals surface area contributed by atoms with E-state index >= 15 is 0 Å². The number of aryl methyl sites for hydroxylation is 1. The fraction of sp³-hybridized carbons (Fsp3) is 0.217. The molecule has 1 N–H and O–H groups in total. The van der Waals surface area contributed by atoms with Gasteiger partial charge >= 0.3 is 6.03 Å². The van der Waals surface area contributed by atoms with Crippen molar-refractivity contribution in [3.05, 3.63) is 71.9 Å². The van der Waals surface area contributed by atoms with Crippen molar-refractivity contribution in [2.45, 2.75) is 25.4 Å². The number of rotatable bonds is 6. The molecule has 4 rings (SSSR count). The summed E-state index contributed by atoms with van der Waals surface area (Å²) in [5.41, 5.74) is 0.714. The number of carbonyl (C=O) groups is 3. The van der Waals surface area contributed by atoms with E-state index in [2.05, 4.69) is 11.4 Å². The first-order chi connectivity index (χ1) is 14.5. The summed E-state index contributed by atoms with van der Waals surface area (Å²) >= 11 is 0. The van der Waals surface area contributed by atoms with Crippen molar-refractivity contribution in [1.82, 2.24) is 14.8 Å². The number of amides is 3. The minimum Gasteiger partial charge on any atom is -0.346 e. The topological polar surface area (TPSA) is 95.2 Å². The third-order valence-corrected chi connectivity index (χ3v) is 5.48. The van der Waals surface area contributed by atoms with Crippen LogP contribution in [0.3, 0.4) is 0 Å². The van der Waals surface area contributed by atoms with Crippen LogP contribution in [0.4, 0.5) is 4.79 Å². The summed E-state index contributed by atoms with van der Waals surface area (Å²) < 4.78 is 1.85. The average Bonchev–Trinajstić information content (AvgIpc) is 3.24. The number of hydrogen-bond donors (Lipinski definition) is 1. The van der Waals surface area contributed by atoms with Crippen molar-refractivity contribution >= 4 is 28.6 Å². The van der Waals surface area contributed by atoms with Crippen LogP contribution in [-0.2, 0) is 16.9 Å². The highest BCUT2D eigenvalue weighted by atomic mass is 16.2. The monoisotopic (exact) mass is 400 g/mol. The molecule has 30 heavy (non-hydrogen) atoms. The number of benzene rings is 2. The molecule has 7 nitrogen and oxygen atoms in total. The minimum atomic E-state index is -1.21. The fourth-order valence-electron chi connectivity index (χ4n) is 3.86. The van der Waals surface area contributed by atoms with Gasteiger partial charge in [0.15, 0.2) is 5.78 Å². The molecule has 2 aromatic carbocycles.